The molecule has 2 fully saturated rings. The fourth-order valence-corrected chi connectivity index (χ4v) is 3.21. The Hall–Kier alpha value is -1.96. The monoisotopic (exact) mass is 341 g/mol. The van der Waals surface area contributed by atoms with Crippen molar-refractivity contribution in [1.82, 2.24) is 15.6 Å². The predicted molar refractivity (Wildman–Crippen MR) is 81.8 cm³/mol. The smallest absolute Gasteiger partial charge is 0.388 e. The molecule has 8 heteroatoms. The molecule has 0 bridgehead atoms. The standard InChI is InChI=1S/C16H21F2N3O3/c17-14(18)24-13-8-11(2-6-19-13)10-20-15(22)21-12-3-7-23-16(9-12)4-1-5-16/h2,6,8,12,14H,1,3-5,7,9-10H2,(H2,20,21,22). The molecule has 1 aliphatic carbocycles. The predicted octanol–water partition coefficient (Wildman–Crippen LogP) is 2.58. The molecule has 2 amide bonds. The quantitative estimate of drug-likeness (QED) is 0.863. The van der Waals surface area contributed by atoms with E-state index in [-0.39, 0.29) is 30.1 Å². The summed E-state index contributed by atoms with van der Waals surface area (Å²) < 4.78 is 34.4. The van der Waals surface area contributed by atoms with Gasteiger partial charge >= 0.3 is 12.6 Å². The zero-order valence-corrected chi connectivity index (χ0v) is 13.3. The maximum Gasteiger partial charge on any atom is 0.388 e. The number of hydrogen-bond donors (Lipinski definition) is 2. The van der Waals surface area contributed by atoms with Gasteiger partial charge in [0.2, 0.25) is 5.88 Å². The van der Waals surface area contributed by atoms with Gasteiger partial charge in [0, 0.05) is 31.5 Å². The van der Waals surface area contributed by atoms with Crippen molar-refractivity contribution in [2.45, 2.75) is 56.9 Å². The van der Waals surface area contributed by atoms with Crippen LogP contribution in [0.3, 0.4) is 0 Å². The molecular weight excluding hydrogens is 320 g/mol. The summed E-state index contributed by atoms with van der Waals surface area (Å²) in [5, 5.41) is 5.69. The van der Waals surface area contributed by atoms with Crippen LogP contribution in [0.25, 0.3) is 0 Å². The Balaban J connectivity index is 1.45. The molecule has 1 atom stereocenters. The number of amides is 2. The molecule has 1 aliphatic heterocycles. The molecule has 1 saturated carbocycles. The third-order valence-electron chi connectivity index (χ3n) is 4.56. The third-order valence-corrected chi connectivity index (χ3v) is 4.56. The van der Waals surface area contributed by atoms with E-state index in [1.807, 2.05) is 0 Å². The summed E-state index contributed by atoms with van der Waals surface area (Å²) in [5.41, 5.74) is 0.612. The van der Waals surface area contributed by atoms with Crippen LogP contribution in [0.5, 0.6) is 5.88 Å². The Bertz CT molecular complexity index is 581. The topological polar surface area (TPSA) is 72.5 Å². The van der Waals surface area contributed by atoms with E-state index in [0.717, 1.165) is 25.7 Å². The molecule has 2 N–H and O–H groups in total. The second-order valence-corrected chi connectivity index (χ2v) is 6.28. The molecule has 3 rings (SSSR count). The molecule has 1 aromatic heterocycles. The van der Waals surface area contributed by atoms with Crippen LogP contribution in [0, 0.1) is 0 Å². The van der Waals surface area contributed by atoms with Crippen molar-refractivity contribution < 1.29 is 23.0 Å². The highest BCUT2D eigenvalue weighted by Gasteiger charge is 2.42. The summed E-state index contributed by atoms with van der Waals surface area (Å²) in [6.07, 6.45) is 6.34. The van der Waals surface area contributed by atoms with Gasteiger partial charge in [-0.2, -0.15) is 8.78 Å². The maximum absolute atomic E-state index is 12.2. The van der Waals surface area contributed by atoms with E-state index in [1.165, 1.54) is 18.7 Å². The molecule has 24 heavy (non-hydrogen) atoms. The van der Waals surface area contributed by atoms with Crippen LogP contribution in [0.15, 0.2) is 18.3 Å². The first-order valence-electron chi connectivity index (χ1n) is 8.13. The highest BCUT2D eigenvalue weighted by atomic mass is 19.3. The highest BCUT2D eigenvalue weighted by molar-refractivity contribution is 5.74. The number of alkyl halides is 2. The molecule has 1 unspecified atom stereocenters. The number of ether oxygens (including phenoxy) is 2. The summed E-state index contributed by atoms with van der Waals surface area (Å²) >= 11 is 0. The van der Waals surface area contributed by atoms with Crippen molar-refractivity contribution >= 4 is 6.03 Å². The fourth-order valence-electron chi connectivity index (χ4n) is 3.21. The number of halogens is 2. The van der Waals surface area contributed by atoms with Gasteiger partial charge in [0.15, 0.2) is 0 Å². The fraction of sp³-hybridized carbons (Fsp3) is 0.625. The lowest BCUT2D eigenvalue weighted by molar-refractivity contribution is -0.134. The molecule has 0 radical (unpaired) electrons. The number of hydrogen-bond acceptors (Lipinski definition) is 4. The zero-order valence-electron chi connectivity index (χ0n) is 13.3. The van der Waals surface area contributed by atoms with Crippen LogP contribution in [0.4, 0.5) is 13.6 Å². The second-order valence-electron chi connectivity index (χ2n) is 6.28. The van der Waals surface area contributed by atoms with E-state index in [0.29, 0.717) is 12.2 Å². The van der Waals surface area contributed by atoms with Gasteiger partial charge in [0.05, 0.1) is 5.60 Å². The number of pyridine rings is 1. The number of nitrogens with zero attached hydrogens (tertiary/aromatic N) is 1. The number of urea groups is 1. The van der Waals surface area contributed by atoms with Crippen LogP contribution in [-0.4, -0.2) is 35.9 Å². The minimum atomic E-state index is -2.92. The van der Waals surface area contributed by atoms with Crippen LogP contribution in [-0.2, 0) is 11.3 Å². The number of nitrogens with one attached hydrogen (secondary N) is 2. The molecule has 132 valence electrons. The highest BCUT2D eigenvalue weighted by Crippen LogP contribution is 2.42. The average molecular weight is 341 g/mol. The Labute approximate surface area is 138 Å². The van der Waals surface area contributed by atoms with Gasteiger partial charge < -0.3 is 20.1 Å². The summed E-state index contributed by atoms with van der Waals surface area (Å²) in [6.45, 7) is -2.04. The second kappa shape index (κ2) is 7.29. The number of aromatic nitrogens is 1. The van der Waals surface area contributed by atoms with Crippen LogP contribution >= 0.6 is 0 Å². The third kappa shape index (κ3) is 4.31. The van der Waals surface area contributed by atoms with Crippen molar-refractivity contribution in [2.75, 3.05) is 6.61 Å². The maximum atomic E-state index is 12.2. The van der Waals surface area contributed by atoms with Gasteiger partial charge in [0.1, 0.15) is 0 Å². The average Bonchev–Trinajstić information content (AvgIpc) is 2.51. The summed E-state index contributed by atoms with van der Waals surface area (Å²) in [4.78, 5) is 15.7. The van der Waals surface area contributed by atoms with E-state index >= 15 is 0 Å². The lowest BCUT2D eigenvalue weighted by atomic mass is 9.74. The van der Waals surface area contributed by atoms with Crippen LogP contribution < -0.4 is 15.4 Å². The first-order chi connectivity index (χ1) is 11.5. The molecule has 0 aromatic carbocycles. The summed E-state index contributed by atoms with van der Waals surface area (Å²) in [6, 6.07) is 2.85. The van der Waals surface area contributed by atoms with E-state index in [1.54, 1.807) is 6.07 Å². The van der Waals surface area contributed by atoms with E-state index in [4.69, 9.17) is 4.74 Å². The van der Waals surface area contributed by atoms with E-state index in [2.05, 4.69) is 20.4 Å². The first-order valence-corrected chi connectivity index (χ1v) is 8.13. The molecular formula is C16H21F2N3O3. The largest absolute Gasteiger partial charge is 0.417 e. The zero-order chi connectivity index (χ0) is 17.0. The van der Waals surface area contributed by atoms with Gasteiger partial charge in [-0.15, -0.1) is 0 Å². The number of rotatable bonds is 5. The molecule has 2 aliphatic rings. The van der Waals surface area contributed by atoms with Gasteiger partial charge in [0.25, 0.3) is 0 Å². The summed E-state index contributed by atoms with van der Waals surface area (Å²) in [5.74, 6) is -0.166. The van der Waals surface area contributed by atoms with Crippen LogP contribution in [0.2, 0.25) is 0 Å². The Kier molecular flexibility index (Phi) is 5.13. The van der Waals surface area contributed by atoms with Gasteiger partial charge in [-0.25, -0.2) is 9.78 Å². The van der Waals surface area contributed by atoms with Crippen molar-refractivity contribution in [2.24, 2.45) is 0 Å². The van der Waals surface area contributed by atoms with Crippen molar-refractivity contribution in [3.8, 4) is 5.88 Å². The van der Waals surface area contributed by atoms with Gasteiger partial charge in [-0.3, -0.25) is 0 Å². The molecule has 1 aromatic rings. The lowest BCUT2D eigenvalue weighted by Gasteiger charge is -2.47. The van der Waals surface area contributed by atoms with Gasteiger partial charge in [-0.1, -0.05) is 0 Å². The normalized spacial score (nSPS) is 22.0. The van der Waals surface area contributed by atoms with Crippen molar-refractivity contribution in [3.05, 3.63) is 23.9 Å². The SMILES string of the molecule is O=C(NCc1ccnc(OC(F)F)c1)NC1CCOC2(CCC2)C1. The first kappa shape index (κ1) is 16.9. The van der Waals surface area contributed by atoms with Crippen LogP contribution in [0.1, 0.15) is 37.7 Å². The molecule has 1 spiro atoms. The molecule has 2 heterocycles. The lowest BCUT2D eigenvalue weighted by Crippen LogP contribution is -2.53. The Morgan fingerprint density at radius 3 is 3.04 bits per heavy atom. The van der Waals surface area contributed by atoms with Gasteiger partial charge in [-0.05, 0) is 43.7 Å². The van der Waals surface area contributed by atoms with E-state index < -0.39 is 6.61 Å². The minimum absolute atomic E-state index is 0.0250. The molecule has 1 saturated heterocycles. The molecule has 6 nitrogen and oxygen atoms in total. The summed E-state index contributed by atoms with van der Waals surface area (Å²) in [7, 11) is 0. The van der Waals surface area contributed by atoms with Crippen molar-refractivity contribution in [3.63, 3.8) is 0 Å². The minimum Gasteiger partial charge on any atom is -0.417 e. The Morgan fingerprint density at radius 2 is 2.33 bits per heavy atom. The van der Waals surface area contributed by atoms with Crippen molar-refractivity contribution in [1.29, 1.82) is 0 Å². The number of carbonyl (C=O) groups is 1. The van der Waals surface area contributed by atoms with E-state index in [9.17, 15) is 13.6 Å². The number of carbonyl (C=O) groups excluding carboxylic acids is 1. The Morgan fingerprint density at radius 1 is 1.50 bits per heavy atom.